The molecular formula is C28H27F3N6O2. The van der Waals surface area contributed by atoms with Gasteiger partial charge in [-0.15, -0.1) is 10.2 Å². The molecule has 39 heavy (non-hydrogen) atoms. The molecule has 0 aliphatic heterocycles. The molecule has 0 aromatic heterocycles. The maximum absolute atomic E-state index is 13.6. The Bertz CT molecular complexity index is 1400. The summed E-state index contributed by atoms with van der Waals surface area (Å²) in [6.07, 6.45) is -4.14. The van der Waals surface area contributed by atoms with E-state index in [1.165, 1.54) is 0 Å². The maximum atomic E-state index is 13.6. The summed E-state index contributed by atoms with van der Waals surface area (Å²) < 4.78 is 40.9. The van der Waals surface area contributed by atoms with Gasteiger partial charge in [-0.1, -0.05) is 55.1 Å². The van der Waals surface area contributed by atoms with Gasteiger partial charge in [0.15, 0.2) is 5.84 Å². The average molecular weight is 537 g/mol. The number of nitro benzene ring substituents is 1. The highest BCUT2D eigenvalue weighted by molar-refractivity contribution is 6.08. The van der Waals surface area contributed by atoms with E-state index in [0.717, 1.165) is 24.1 Å². The molecule has 0 fully saturated rings. The van der Waals surface area contributed by atoms with E-state index < -0.39 is 28.0 Å². The summed E-state index contributed by atoms with van der Waals surface area (Å²) in [4.78, 5) is 14.6. The molecule has 0 saturated heterocycles. The fourth-order valence-electron chi connectivity index (χ4n) is 3.41. The number of benzene rings is 3. The molecule has 0 unspecified atom stereocenters. The normalized spacial score (nSPS) is 11.8. The van der Waals surface area contributed by atoms with Crippen molar-refractivity contribution < 1.29 is 18.1 Å². The maximum Gasteiger partial charge on any atom is 0.418 e. The molecule has 3 aromatic carbocycles. The van der Waals surface area contributed by atoms with Crippen molar-refractivity contribution >= 4 is 22.9 Å². The number of para-hydroxylation sites is 1. The zero-order valence-corrected chi connectivity index (χ0v) is 21.4. The van der Waals surface area contributed by atoms with Crippen LogP contribution in [0.1, 0.15) is 25.0 Å². The number of azo groups is 1. The Morgan fingerprint density at radius 1 is 1.00 bits per heavy atom. The first-order valence-corrected chi connectivity index (χ1v) is 11.9. The van der Waals surface area contributed by atoms with Crippen LogP contribution in [0.4, 0.5) is 30.2 Å². The zero-order valence-electron chi connectivity index (χ0n) is 21.4. The van der Waals surface area contributed by atoms with Crippen LogP contribution in [0.3, 0.4) is 0 Å². The van der Waals surface area contributed by atoms with Crippen LogP contribution in [0.2, 0.25) is 0 Å². The van der Waals surface area contributed by atoms with Gasteiger partial charge in [0.2, 0.25) is 0 Å². The van der Waals surface area contributed by atoms with Gasteiger partial charge in [0.05, 0.1) is 16.2 Å². The van der Waals surface area contributed by atoms with E-state index in [1.807, 2.05) is 48.5 Å². The molecule has 202 valence electrons. The van der Waals surface area contributed by atoms with Crippen LogP contribution in [-0.4, -0.2) is 17.3 Å². The minimum absolute atomic E-state index is 0.177. The minimum atomic E-state index is -4.87. The fraction of sp³-hybridized carbons (Fsp3) is 0.179. The molecule has 8 nitrogen and oxygen atoms in total. The molecule has 0 amide bonds. The lowest BCUT2D eigenvalue weighted by molar-refractivity contribution is -0.385. The average Bonchev–Trinajstić information content (AvgIpc) is 2.89. The SMILES string of the molecule is C=C(/N=C(/Nc1ccccc1)C(N=Nc1ccc([N+](=O)[O-])cc1C(F)(F)F)=C(C)C)NCCc1ccccc1. The number of nitrogens with zero attached hydrogens (tertiary/aromatic N) is 4. The molecule has 0 aliphatic carbocycles. The monoisotopic (exact) mass is 536 g/mol. The highest BCUT2D eigenvalue weighted by Crippen LogP contribution is 2.38. The topological polar surface area (TPSA) is 104 Å². The van der Waals surface area contributed by atoms with E-state index in [9.17, 15) is 23.3 Å². The fourth-order valence-corrected chi connectivity index (χ4v) is 3.41. The van der Waals surface area contributed by atoms with Crippen LogP contribution in [0.25, 0.3) is 0 Å². The van der Waals surface area contributed by atoms with Crippen molar-refractivity contribution in [2.45, 2.75) is 26.4 Å². The van der Waals surface area contributed by atoms with Crippen molar-refractivity contribution in [3.05, 3.63) is 124 Å². The predicted octanol–water partition coefficient (Wildman–Crippen LogP) is 7.81. The molecule has 0 saturated carbocycles. The second kappa shape index (κ2) is 13.1. The number of allylic oxidation sites excluding steroid dienone is 1. The summed E-state index contributed by atoms with van der Waals surface area (Å²) >= 11 is 0. The molecule has 3 aromatic rings. The van der Waals surface area contributed by atoms with Gasteiger partial charge in [0, 0.05) is 24.4 Å². The summed E-state index contributed by atoms with van der Waals surface area (Å²) in [7, 11) is 0. The first kappa shape index (κ1) is 28.8. The van der Waals surface area contributed by atoms with Gasteiger partial charge in [-0.05, 0) is 49.6 Å². The second-order valence-electron chi connectivity index (χ2n) is 8.57. The number of hydrogen-bond donors (Lipinski definition) is 2. The van der Waals surface area contributed by atoms with Gasteiger partial charge in [0.25, 0.3) is 5.69 Å². The van der Waals surface area contributed by atoms with Gasteiger partial charge >= 0.3 is 6.18 Å². The number of halogens is 3. The van der Waals surface area contributed by atoms with E-state index in [2.05, 4.69) is 32.4 Å². The molecule has 0 radical (unpaired) electrons. The van der Waals surface area contributed by atoms with Gasteiger partial charge in [-0.2, -0.15) is 13.2 Å². The number of nitrogens with one attached hydrogen (secondary N) is 2. The standard InChI is InChI=1S/C28H27F3N6O2/c1-19(2)26(36-35-25-15-14-23(37(38)39)18-24(25)28(29,30)31)27(34-22-12-8-5-9-13-22)33-20(3)32-17-16-21-10-6-4-7-11-21/h4-15,18,32H,3,16-17H2,1-2H3,(H,33,34). The summed E-state index contributed by atoms with van der Waals surface area (Å²) in [6, 6.07) is 21.2. The number of non-ortho nitro benzene ring substituents is 1. The van der Waals surface area contributed by atoms with Crippen LogP contribution in [0.15, 0.2) is 118 Å². The number of alkyl halides is 3. The molecule has 0 spiro atoms. The molecule has 0 heterocycles. The van der Waals surface area contributed by atoms with Gasteiger partial charge in [-0.25, -0.2) is 4.99 Å². The van der Waals surface area contributed by atoms with Crippen molar-refractivity contribution in [1.82, 2.24) is 5.32 Å². The van der Waals surface area contributed by atoms with E-state index in [-0.39, 0.29) is 11.5 Å². The third-order valence-electron chi connectivity index (χ3n) is 5.32. The molecular weight excluding hydrogens is 509 g/mol. The third-order valence-corrected chi connectivity index (χ3v) is 5.32. The molecule has 0 aliphatic rings. The number of anilines is 1. The molecule has 0 bridgehead atoms. The van der Waals surface area contributed by atoms with Crippen molar-refractivity contribution in [1.29, 1.82) is 0 Å². The van der Waals surface area contributed by atoms with Crippen molar-refractivity contribution in [2.75, 3.05) is 11.9 Å². The molecule has 0 atom stereocenters. The largest absolute Gasteiger partial charge is 0.418 e. The minimum Gasteiger partial charge on any atom is -0.370 e. The van der Waals surface area contributed by atoms with E-state index >= 15 is 0 Å². The van der Waals surface area contributed by atoms with Crippen molar-refractivity contribution in [3.8, 4) is 0 Å². The lowest BCUT2D eigenvalue weighted by atomic mass is 10.1. The van der Waals surface area contributed by atoms with Crippen molar-refractivity contribution in [3.63, 3.8) is 0 Å². The number of rotatable bonds is 10. The third kappa shape index (κ3) is 8.63. The van der Waals surface area contributed by atoms with E-state index in [1.54, 1.807) is 26.0 Å². The Balaban J connectivity index is 1.93. The lowest BCUT2D eigenvalue weighted by Crippen LogP contribution is -2.20. The number of hydrogen-bond acceptors (Lipinski definition) is 6. The van der Waals surface area contributed by atoms with Gasteiger partial charge in [0.1, 0.15) is 11.5 Å². The number of nitro groups is 1. The lowest BCUT2D eigenvalue weighted by Gasteiger charge is -2.14. The van der Waals surface area contributed by atoms with Crippen molar-refractivity contribution in [2.24, 2.45) is 15.2 Å². The Kier molecular flexibility index (Phi) is 9.69. The highest BCUT2D eigenvalue weighted by Gasteiger charge is 2.35. The van der Waals surface area contributed by atoms with Crippen LogP contribution in [0, 0.1) is 10.1 Å². The highest BCUT2D eigenvalue weighted by atomic mass is 19.4. The Labute approximate surface area is 223 Å². The summed E-state index contributed by atoms with van der Waals surface area (Å²) in [5.41, 5.74) is 0.0422. The Morgan fingerprint density at radius 2 is 1.64 bits per heavy atom. The first-order valence-electron chi connectivity index (χ1n) is 11.9. The second-order valence-corrected chi connectivity index (χ2v) is 8.57. The molecule has 3 rings (SSSR count). The molecule has 11 heteroatoms. The van der Waals surface area contributed by atoms with E-state index in [4.69, 9.17) is 0 Å². The van der Waals surface area contributed by atoms with Crippen LogP contribution in [0.5, 0.6) is 0 Å². The first-order chi connectivity index (χ1) is 18.5. The van der Waals surface area contributed by atoms with Crippen LogP contribution < -0.4 is 10.6 Å². The number of amidine groups is 1. The molecule has 2 N–H and O–H groups in total. The van der Waals surface area contributed by atoms with Crippen LogP contribution in [-0.2, 0) is 12.6 Å². The smallest absolute Gasteiger partial charge is 0.370 e. The van der Waals surface area contributed by atoms with E-state index in [0.29, 0.717) is 29.7 Å². The van der Waals surface area contributed by atoms with Gasteiger partial charge < -0.3 is 10.6 Å². The summed E-state index contributed by atoms with van der Waals surface area (Å²) in [5, 5.41) is 25.2. The Hall–Kier alpha value is -4.80. The number of aliphatic imine (C=N–C) groups is 1. The Morgan fingerprint density at radius 3 is 2.23 bits per heavy atom. The summed E-state index contributed by atoms with van der Waals surface area (Å²) in [6.45, 7) is 7.93. The predicted molar refractivity (Wildman–Crippen MR) is 146 cm³/mol. The zero-order chi connectivity index (χ0) is 28.4. The van der Waals surface area contributed by atoms with Gasteiger partial charge in [-0.3, -0.25) is 10.1 Å². The summed E-state index contributed by atoms with van der Waals surface area (Å²) in [5.74, 6) is 0.516. The van der Waals surface area contributed by atoms with Crippen LogP contribution >= 0.6 is 0 Å². The quantitative estimate of drug-likeness (QED) is 0.0907.